The van der Waals surface area contributed by atoms with E-state index in [0.717, 1.165) is 17.8 Å². The van der Waals surface area contributed by atoms with Crippen LogP contribution in [0.4, 0.5) is 0 Å². The van der Waals surface area contributed by atoms with Gasteiger partial charge < -0.3 is 0 Å². The molecule has 0 heteroatoms. The molecule has 1 fully saturated rings. The van der Waals surface area contributed by atoms with E-state index in [4.69, 9.17) is 0 Å². The molecule has 0 heterocycles. The Morgan fingerprint density at radius 1 is 1.07 bits per heavy atom. The second-order valence-electron chi connectivity index (χ2n) is 6.63. The molecule has 0 aromatic rings. The molecule has 1 aliphatic rings. The van der Waals surface area contributed by atoms with Crippen LogP contribution in [0.3, 0.4) is 0 Å². The van der Waals surface area contributed by atoms with Crippen LogP contribution in [0, 0.1) is 35.0 Å². The summed E-state index contributed by atoms with van der Waals surface area (Å²) in [6.45, 7) is 16.8. The van der Waals surface area contributed by atoms with E-state index in [2.05, 4.69) is 54.9 Å². The van der Waals surface area contributed by atoms with Crippen LogP contribution in [0.5, 0.6) is 0 Å². The molecule has 0 bridgehead atoms. The first-order chi connectivity index (χ1) is 6.73. The zero-order chi connectivity index (χ0) is 11.9. The molecular formula is C15H28. The van der Waals surface area contributed by atoms with Crippen molar-refractivity contribution in [2.45, 2.75) is 61.3 Å². The van der Waals surface area contributed by atoms with Crippen LogP contribution >= 0.6 is 0 Å². The monoisotopic (exact) mass is 208 g/mol. The van der Waals surface area contributed by atoms with Crippen molar-refractivity contribution in [2.75, 3.05) is 0 Å². The first-order valence-corrected chi connectivity index (χ1v) is 6.48. The Morgan fingerprint density at radius 2 is 1.60 bits per heavy atom. The summed E-state index contributed by atoms with van der Waals surface area (Å²) in [5.74, 6) is 2.36. The summed E-state index contributed by atoms with van der Waals surface area (Å²) >= 11 is 0. The molecule has 0 aliphatic heterocycles. The van der Waals surface area contributed by atoms with Gasteiger partial charge in [-0.1, -0.05) is 48.5 Å². The maximum absolute atomic E-state index is 3.72. The summed E-state index contributed by atoms with van der Waals surface area (Å²) in [6.07, 6.45) is 6.22. The fraction of sp³-hybridized carbons (Fsp3) is 0.933. The Bertz CT molecular complexity index is 212. The molecule has 2 unspecified atom stereocenters. The molecule has 0 saturated heterocycles. The van der Waals surface area contributed by atoms with E-state index in [-0.39, 0.29) is 5.41 Å². The van der Waals surface area contributed by atoms with E-state index >= 15 is 0 Å². The molecule has 88 valence electrons. The van der Waals surface area contributed by atoms with Crippen molar-refractivity contribution in [2.24, 2.45) is 28.6 Å². The predicted octanol–water partition coefficient (Wildman–Crippen LogP) is 4.82. The minimum absolute atomic E-state index is 0.258. The minimum atomic E-state index is 0.258. The molecule has 0 N–H and O–H groups in total. The molecule has 1 saturated carbocycles. The predicted molar refractivity (Wildman–Crippen MR) is 67.5 cm³/mol. The minimum Gasteiger partial charge on any atom is -0.0625 e. The fourth-order valence-corrected chi connectivity index (χ4v) is 3.67. The molecule has 1 rings (SSSR count). The van der Waals surface area contributed by atoms with Gasteiger partial charge in [-0.15, -0.1) is 0 Å². The van der Waals surface area contributed by atoms with Crippen LogP contribution in [0.2, 0.25) is 0 Å². The van der Waals surface area contributed by atoms with Gasteiger partial charge in [0.1, 0.15) is 0 Å². The highest BCUT2D eigenvalue weighted by Gasteiger charge is 2.51. The van der Waals surface area contributed by atoms with Crippen molar-refractivity contribution in [1.29, 1.82) is 0 Å². The van der Waals surface area contributed by atoms with E-state index in [0.29, 0.717) is 5.41 Å². The van der Waals surface area contributed by atoms with Gasteiger partial charge in [-0.25, -0.2) is 0 Å². The molecule has 1 aliphatic carbocycles. The van der Waals surface area contributed by atoms with Crippen molar-refractivity contribution in [3.63, 3.8) is 0 Å². The summed E-state index contributed by atoms with van der Waals surface area (Å²) in [6, 6.07) is 0. The Balaban J connectivity index is 3.08. The highest BCUT2D eigenvalue weighted by Crippen LogP contribution is 2.58. The van der Waals surface area contributed by atoms with Crippen LogP contribution in [-0.4, -0.2) is 0 Å². The van der Waals surface area contributed by atoms with Crippen molar-refractivity contribution in [1.82, 2.24) is 0 Å². The van der Waals surface area contributed by atoms with Gasteiger partial charge in [0.25, 0.3) is 0 Å². The lowest BCUT2D eigenvalue weighted by Gasteiger charge is -2.57. The van der Waals surface area contributed by atoms with Gasteiger partial charge >= 0.3 is 0 Å². The lowest BCUT2D eigenvalue weighted by molar-refractivity contribution is -0.0525. The standard InChI is InChI=1S/C15H28/c1-11(2)13-9-8-10-14(5,6)15(13,7)12(3)4/h11-13H,8-9H2,1-7H3. The number of rotatable bonds is 2. The van der Waals surface area contributed by atoms with Crippen LogP contribution in [-0.2, 0) is 0 Å². The average molecular weight is 208 g/mol. The maximum Gasteiger partial charge on any atom is -0.0106 e. The average Bonchev–Trinajstić information content (AvgIpc) is 2.08. The van der Waals surface area contributed by atoms with E-state index in [1.165, 1.54) is 12.8 Å². The van der Waals surface area contributed by atoms with Crippen LogP contribution in [0.15, 0.2) is 0 Å². The number of hydrogen-bond donors (Lipinski definition) is 0. The summed E-state index contributed by atoms with van der Waals surface area (Å²) in [7, 11) is 0. The zero-order valence-electron chi connectivity index (χ0n) is 11.6. The lowest BCUT2D eigenvalue weighted by Crippen LogP contribution is -2.50. The van der Waals surface area contributed by atoms with Crippen LogP contribution < -0.4 is 0 Å². The summed E-state index contributed by atoms with van der Waals surface area (Å²) in [5, 5.41) is 0. The van der Waals surface area contributed by atoms with Gasteiger partial charge in [0, 0.05) is 0 Å². The normalized spacial score (nSPS) is 36.2. The Morgan fingerprint density at radius 3 is 1.93 bits per heavy atom. The van der Waals surface area contributed by atoms with E-state index in [1.807, 2.05) is 0 Å². The second kappa shape index (κ2) is 4.11. The third-order valence-electron chi connectivity index (χ3n) is 5.14. The molecule has 0 nitrogen and oxygen atoms in total. The molecule has 0 aromatic heterocycles. The summed E-state index contributed by atoms with van der Waals surface area (Å²) in [5.41, 5.74) is 0.660. The van der Waals surface area contributed by atoms with Crippen molar-refractivity contribution < 1.29 is 0 Å². The topological polar surface area (TPSA) is 0 Å². The van der Waals surface area contributed by atoms with Crippen LogP contribution in [0.1, 0.15) is 61.3 Å². The van der Waals surface area contributed by atoms with Gasteiger partial charge in [-0.2, -0.15) is 0 Å². The highest BCUT2D eigenvalue weighted by molar-refractivity contribution is 5.07. The molecule has 0 aromatic carbocycles. The van der Waals surface area contributed by atoms with Gasteiger partial charge in [0.2, 0.25) is 0 Å². The summed E-state index contributed by atoms with van der Waals surface area (Å²) in [4.78, 5) is 0. The Labute approximate surface area is 96.8 Å². The first kappa shape index (κ1) is 13.1. The molecule has 0 spiro atoms. The van der Waals surface area contributed by atoms with E-state index in [1.54, 1.807) is 0 Å². The third-order valence-corrected chi connectivity index (χ3v) is 5.14. The zero-order valence-corrected chi connectivity index (χ0v) is 11.6. The SMILES string of the molecule is CC(C)C1CC[C]C(C)(C)C1(C)C(C)C. The summed E-state index contributed by atoms with van der Waals surface area (Å²) < 4.78 is 0. The third kappa shape index (κ3) is 1.97. The number of hydrogen-bond acceptors (Lipinski definition) is 0. The lowest BCUT2D eigenvalue weighted by atomic mass is 9.48. The smallest absolute Gasteiger partial charge is 0.0106 e. The van der Waals surface area contributed by atoms with Crippen molar-refractivity contribution in [3.05, 3.63) is 6.42 Å². The van der Waals surface area contributed by atoms with Gasteiger partial charge in [0.15, 0.2) is 0 Å². The van der Waals surface area contributed by atoms with Crippen LogP contribution in [0.25, 0.3) is 0 Å². The van der Waals surface area contributed by atoms with E-state index in [9.17, 15) is 0 Å². The maximum atomic E-state index is 3.72. The quantitative estimate of drug-likeness (QED) is 0.610. The largest absolute Gasteiger partial charge is 0.0625 e. The molecule has 2 atom stereocenters. The van der Waals surface area contributed by atoms with Crippen molar-refractivity contribution in [3.8, 4) is 0 Å². The Kier molecular flexibility index (Phi) is 3.58. The van der Waals surface area contributed by atoms with E-state index < -0.39 is 0 Å². The van der Waals surface area contributed by atoms with Gasteiger partial charge in [0.05, 0.1) is 0 Å². The fourth-order valence-electron chi connectivity index (χ4n) is 3.67. The van der Waals surface area contributed by atoms with Crippen molar-refractivity contribution >= 4 is 0 Å². The molecule has 0 amide bonds. The molecular weight excluding hydrogens is 180 g/mol. The second-order valence-corrected chi connectivity index (χ2v) is 6.63. The molecule has 2 radical (unpaired) electrons. The first-order valence-electron chi connectivity index (χ1n) is 6.48. The highest BCUT2D eigenvalue weighted by atomic mass is 14.6. The molecule has 15 heavy (non-hydrogen) atoms. The Hall–Kier alpha value is 0. The van der Waals surface area contributed by atoms with Gasteiger partial charge in [-0.3, -0.25) is 0 Å². The van der Waals surface area contributed by atoms with Gasteiger partial charge in [-0.05, 0) is 47.8 Å².